The average molecular weight is 295 g/mol. The zero-order chi connectivity index (χ0) is 15.1. The highest BCUT2D eigenvalue weighted by atomic mass is 15.1. The molecule has 2 aliphatic rings. The van der Waals surface area contributed by atoms with Crippen molar-refractivity contribution in [3.63, 3.8) is 0 Å². The second kappa shape index (κ2) is 9.15. The van der Waals surface area contributed by atoms with E-state index < -0.39 is 0 Å². The van der Waals surface area contributed by atoms with E-state index in [1.165, 1.54) is 77.4 Å². The minimum absolute atomic E-state index is 0.777. The van der Waals surface area contributed by atoms with Crippen LogP contribution in [0.1, 0.15) is 71.6 Å². The lowest BCUT2D eigenvalue weighted by Crippen LogP contribution is -2.46. The summed E-state index contributed by atoms with van der Waals surface area (Å²) >= 11 is 0. The average Bonchev–Trinajstić information content (AvgIpc) is 2.98. The van der Waals surface area contributed by atoms with E-state index in [-0.39, 0.29) is 0 Å². The Kier molecular flexibility index (Phi) is 7.53. The van der Waals surface area contributed by atoms with Crippen molar-refractivity contribution >= 4 is 0 Å². The van der Waals surface area contributed by atoms with E-state index >= 15 is 0 Å². The molecule has 21 heavy (non-hydrogen) atoms. The van der Waals surface area contributed by atoms with Crippen LogP contribution < -0.4 is 5.32 Å². The Balaban J connectivity index is 1.81. The van der Waals surface area contributed by atoms with Crippen LogP contribution in [0.3, 0.4) is 0 Å². The first-order valence-corrected chi connectivity index (χ1v) is 9.64. The van der Waals surface area contributed by atoms with Gasteiger partial charge in [-0.15, -0.1) is 0 Å². The molecule has 2 aliphatic carbocycles. The SMILES string of the molecule is CCCNC1CCC(CC)CC1CN(C)CC1CCCC1. The largest absolute Gasteiger partial charge is 0.314 e. The van der Waals surface area contributed by atoms with Crippen LogP contribution in [0.5, 0.6) is 0 Å². The third-order valence-electron chi connectivity index (χ3n) is 5.92. The summed E-state index contributed by atoms with van der Waals surface area (Å²) in [7, 11) is 2.37. The Bertz CT molecular complexity index is 273. The van der Waals surface area contributed by atoms with E-state index in [1.54, 1.807) is 0 Å². The Morgan fingerprint density at radius 2 is 1.71 bits per heavy atom. The first-order chi connectivity index (χ1) is 10.2. The summed E-state index contributed by atoms with van der Waals surface area (Å²) in [6.45, 7) is 8.52. The standard InChI is InChI=1S/C19H38N2/c1-4-12-20-19-11-10-16(5-2)13-18(19)15-21(3)14-17-8-6-7-9-17/h16-20H,4-15H2,1-3H3. The molecule has 2 saturated carbocycles. The predicted octanol–water partition coefficient (Wildman–Crippen LogP) is 4.30. The van der Waals surface area contributed by atoms with Gasteiger partial charge in [0.2, 0.25) is 0 Å². The monoisotopic (exact) mass is 294 g/mol. The summed E-state index contributed by atoms with van der Waals surface area (Å²) in [5.41, 5.74) is 0. The normalized spacial score (nSPS) is 31.1. The fourth-order valence-electron chi connectivity index (χ4n) is 4.64. The van der Waals surface area contributed by atoms with Crippen molar-refractivity contribution in [1.29, 1.82) is 0 Å². The molecule has 2 rings (SSSR count). The summed E-state index contributed by atoms with van der Waals surface area (Å²) in [5, 5.41) is 3.84. The second-order valence-electron chi connectivity index (χ2n) is 7.78. The fraction of sp³-hybridized carbons (Fsp3) is 1.00. The van der Waals surface area contributed by atoms with Gasteiger partial charge < -0.3 is 10.2 Å². The van der Waals surface area contributed by atoms with E-state index in [0.29, 0.717) is 0 Å². The van der Waals surface area contributed by atoms with E-state index in [1.807, 2.05) is 0 Å². The van der Waals surface area contributed by atoms with E-state index in [9.17, 15) is 0 Å². The van der Waals surface area contributed by atoms with Crippen molar-refractivity contribution in [2.75, 3.05) is 26.7 Å². The van der Waals surface area contributed by atoms with Crippen molar-refractivity contribution < 1.29 is 0 Å². The maximum absolute atomic E-state index is 3.84. The summed E-state index contributed by atoms with van der Waals surface area (Å²) in [4.78, 5) is 2.65. The van der Waals surface area contributed by atoms with Crippen LogP contribution in [0.15, 0.2) is 0 Å². The number of rotatable bonds is 8. The topological polar surface area (TPSA) is 15.3 Å². The van der Waals surface area contributed by atoms with Crippen molar-refractivity contribution in [2.24, 2.45) is 17.8 Å². The highest BCUT2D eigenvalue weighted by molar-refractivity contribution is 4.86. The van der Waals surface area contributed by atoms with Crippen molar-refractivity contribution in [3.05, 3.63) is 0 Å². The van der Waals surface area contributed by atoms with Gasteiger partial charge in [-0.1, -0.05) is 33.1 Å². The van der Waals surface area contributed by atoms with Crippen molar-refractivity contribution in [1.82, 2.24) is 10.2 Å². The van der Waals surface area contributed by atoms with E-state index in [4.69, 9.17) is 0 Å². The minimum Gasteiger partial charge on any atom is -0.314 e. The fourth-order valence-corrected chi connectivity index (χ4v) is 4.64. The van der Waals surface area contributed by atoms with Crippen LogP contribution >= 0.6 is 0 Å². The van der Waals surface area contributed by atoms with Gasteiger partial charge in [0, 0.05) is 19.1 Å². The Morgan fingerprint density at radius 3 is 2.38 bits per heavy atom. The second-order valence-corrected chi connectivity index (χ2v) is 7.78. The molecule has 0 aromatic rings. The molecule has 0 bridgehead atoms. The van der Waals surface area contributed by atoms with Crippen LogP contribution in [-0.4, -0.2) is 37.6 Å². The van der Waals surface area contributed by atoms with Crippen LogP contribution in [0, 0.1) is 17.8 Å². The van der Waals surface area contributed by atoms with Gasteiger partial charge in [0.1, 0.15) is 0 Å². The minimum atomic E-state index is 0.777. The molecule has 2 nitrogen and oxygen atoms in total. The maximum Gasteiger partial charge on any atom is 0.0108 e. The number of nitrogens with one attached hydrogen (secondary N) is 1. The molecule has 0 aromatic carbocycles. The first kappa shape index (κ1) is 17.3. The van der Waals surface area contributed by atoms with Gasteiger partial charge in [0.05, 0.1) is 0 Å². The lowest BCUT2D eigenvalue weighted by Gasteiger charge is -2.39. The molecule has 3 atom stereocenters. The third-order valence-corrected chi connectivity index (χ3v) is 5.92. The van der Waals surface area contributed by atoms with Gasteiger partial charge >= 0.3 is 0 Å². The molecular formula is C19H38N2. The molecule has 2 fully saturated rings. The molecule has 3 unspecified atom stereocenters. The van der Waals surface area contributed by atoms with Crippen LogP contribution in [0.25, 0.3) is 0 Å². The molecule has 0 aliphatic heterocycles. The summed E-state index contributed by atoms with van der Waals surface area (Å²) in [5.74, 6) is 2.85. The summed E-state index contributed by atoms with van der Waals surface area (Å²) in [6.07, 6.45) is 12.8. The molecule has 124 valence electrons. The molecule has 0 aromatic heterocycles. The Morgan fingerprint density at radius 1 is 0.952 bits per heavy atom. The molecular weight excluding hydrogens is 256 g/mol. The molecule has 2 heteroatoms. The molecule has 0 spiro atoms. The van der Waals surface area contributed by atoms with Gasteiger partial charge in [0.15, 0.2) is 0 Å². The zero-order valence-electron chi connectivity index (χ0n) is 14.7. The lowest BCUT2D eigenvalue weighted by molar-refractivity contribution is 0.143. The highest BCUT2D eigenvalue weighted by Crippen LogP contribution is 2.32. The molecule has 1 N–H and O–H groups in total. The highest BCUT2D eigenvalue weighted by Gasteiger charge is 2.30. The first-order valence-electron chi connectivity index (χ1n) is 9.64. The number of nitrogens with zero attached hydrogens (tertiary/aromatic N) is 1. The van der Waals surface area contributed by atoms with Gasteiger partial charge in [-0.05, 0) is 69.9 Å². The smallest absolute Gasteiger partial charge is 0.0108 e. The summed E-state index contributed by atoms with van der Waals surface area (Å²) in [6, 6.07) is 0.777. The van der Waals surface area contributed by atoms with Crippen LogP contribution in [-0.2, 0) is 0 Å². The van der Waals surface area contributed by atoms with Gasteiger partial charge in [-0.2, -0.15) is 0 Å². The van der Waals surface area contributed by atoms with Gasteiger partial charge in [0.25, 0.3) is 0 Å². The molecule has 0 heterocycles. The quantitative estimate of drug-likeness (QED) is 0.718. The van der Waals surface area contributed by atoms with E-state index in [2.05, 4.69) is 31.1 Å². The maximum atomic E-state index is 3.84. The Hall–Kier alpha value is -0.0800. The van der Waals surface area contributed by atoms with Crippen molar-refractivity contribution in [3.8, 4) is 0 Å². The van der Waals surface area contributed by atoms with E-state index in [0.717, 1.165) is 23.8 Å². The van der Waals surface area contributed by atoms with Gasteiger partial charge in [-0.25, -0.2) is 0 Å². The molecule has 0 radical (unpaired) electrons. The third kappa shape index (κ3) is 5.56. The molecule has 0 saturated heterocycles. The Labute approximate surface area is 133 Å². The van der Waals surface area contributed by atoms with Gasteiger partial charge in [-0.3, -0.25) is 0 Å². The number of hydrogen-bond acceptors (Lipinski definition) is 2. The van der Waals surface area contributed by atoms with Crippen LogP contribution in [0.4, 0.5) is 0 Å². The predicted molar refractivity (Wildman–Crippen MR) is 92.7 cm³/mol. The zero-order valence-corrected chi connectivity index (χ0v) is 14.7. The van der Waals surface area contributed by atoms with Crippen LogP contribution in [0.2, 0.25) is 0 Å². The number of hydrogen-bond donors (Lipinski definition) is 1. The molecule has 0 amide bonds. The van der Waals surface area contributed by atoms with Crippen molar-refractivity contribution in [2.45, 2.75) is 77.7 Å². The lowest BCUT2D eigenvalue weighted by atomic mass is 9.76. The summed E-state index contributed by atoms with van der Waals surface area (Å²) < 4.78 is 0.